The van der Waals surface area contributed by atoms with E-state index in [4.69, 9.17) is 0 Å². The fourth-order valence-electron chi connectivity index (χ4n) is 6.79. The zero-order chi connectivity index (χ0) is 21.2. The van der Waals surface area contributed by atoms with Crippen LogP contribution in [0.5, 0.6) is 5.75 Å². The second kappa shape index (κ2) is 6.81. The van der Waals surface area contributed by atoms with E-state index >= 15 is 0 Å². The van der Waals surface area contributed by atoms with Crippen molar-refractivity contribution in [2.24, 2.45) is 5.92 Å². The van der Waals surface area contributed by atoms with Crippen molar-refractivity contribution in [2.75, 3.05) is 13.1 Å². The lowest BCUT2D eigenvalue weighted by atomic mass is 9.56. The molecule has 0 unspecified atom stereocenters. The molecule has 2 aromatic rings. The van der Waals surface area contributed by atoms with Gasteiger partial charge in [0.15, 0.2) is 0 Å². The largest absolute Gasteiger partial charge is 0.508 e. The van der Waals surface area contributed by atoms with Gasteiger partial charge in [-0.1, -0.05) is 24.3 Å². The number of amides is 1. The van der Waals surface area contributed by atoms with Crippen molar-refractivity contribution in [2.45, 2.75) is 61.6 Å². The number of benzene rings is 2. The lowest BCUT2D eigenvalue weighted by Gasteiger charge is -2.59. The van der Waals surface area contributed by atoms with Crippen LogP contribution in [0.15, 0.2) is 48.5 Å². The number of piperidine rings is 1. The van der Waals surface area contributed by atoms with Crippen LogP contribution >= 0.6 is 0 Å². The number of fused-ring (bicyclic) bond motifs is 1. The molecule has 4 atom stereocenters. The Morgan fingerprint density at radius 3 is 2.71 bits per heavy atom. The minimum Gasteiger partial charge on any atom is -0.508 e. The Balaban J connectivity index is 1.36. The van der Waals surface area contributed by atoms with E-state index in [0.717, 1.165) is 37.4 Å². The molecule has 0 aromatic heterocycles. The van der Waals surface area contributed by atoms with Gasteiger partial charge in [0, 0.05) is 29.6 Å². The molecule has 2 aromatic carbocycles. The van der Waals surface area contributed by atoms with E-state index in [2.05, 4.69) is 10.2 Å². The van der Waals surface area contributed by atoms with Gasteiger partial charge >= 0.3 is 0 Å². The van der Waals surface area contributed by atoms with Crippen molar-refractivity contribution in [3.8, 4) is 5.75 Å². The molecular weight excluding hydrogens is 388 g/mol. The van der Waals surface area contributed by atoms with E-state index in [1.807, 2.05) is 42.5 Å². The monoisotopic (exact) mass is 418 g/mol. The fourth-order valence-corrected chi connectivity index (χ4v) is 6.79. The average molecular weight is 419 g/mol. The first-order valence-electron chi connectivity index (χ1n) is 11.6. The predicted molar refractivity (Wildman–Crippen MR) is 118 cm³/mol. The summed E-state index contributed by atoms with van der Waals surface area (Å²) < 4.78 is 0. The summed E-state index contributed by atoms with van der Waals surface area (Å²) in [7, 11) is 0. The first-order valence-corrected chi connectivity index (χ1v) is 11.6. The van der Waals surface area contributed by atoms with Crippen LogP contribution in [-0.4, -0.2) is 51.8 Å². The number of nitrogens with zero attached hydrogens (tertiary/aromatic N) is 1. The summed E-state index contributed by atoms with van der Waals surface area (Å²) in [5.41, 5.74) is 1.67. The van der Waals surface area contributed by atoms with Crippen molar-refractivity contribution in [3.05, 3.63) is 65.2 Å². The van der Waals surface area contributed by atoms with Crippen molar-refractivity contribution in [1.82, 2.24) is 10.2 Å². The second-order valence-electron chi connectivity index (χ2n) is 10.2. The maximum Gasteiger partial charge on any atom is 0.251 e. The zero-order valence-corrected chi connectivity index (χ0v) is 17.8. The first kappa shape index (κ1) is 19.3. The quantitative estimate of drug-likeness (QED) is 0.714. The molecule has 0 spiro atoms. The molecule has 5 nitrogen and oxygen atoms in total. The molecule has 2 bridgehead atoms. The van der Waals surface area contributed by atoms with E-state index in [-0.39, 0.29) is 23.7 Å². The van der Waals surface area contributed by atoms with Gasteiger partial charge in [-0.05, 0) is 86.4 Å². The number of rotatable bonds is 4. The Kier molecular flexibility index (Phi) is 4.25. The van der Waals surface area contributed by atoms with Gasteiger partial charge in [-0.25, -0.2) is 0 Å². The highest BCUT2D eigenvalue weighted by Crippen LogP contribution is 2.60. The molecule has 1 saturated heterocycles. The van der Waals surface area contributed by atoms with Crippen LogP contribution in [0.1, 0.15) is 53.6 Å². The Labute approximate surface area is 183 Å². The van der Waals surface area contributed by atoms with Crippen LogP contribution in [-0.2, 0) is 11.8 Å². The molecule has 4 aliphatic rings. The number of phenols is 1. The van der Waals surface area contributed by atoms with Gasteiger partial charge in [-0.15, -0.1) is 0 Å². The van der Waals surface area contributed by atoms with Crippen LogP contribution < -0.4 is 5.32 Å². The molecule has 3 aliphatic carbocycles. The van der Waals surface area contributed by atoms with Crippen LogP contribution in [0.25, 0.3) is 0 Å². The minimum absolute atomic E-state index is 0.0671. The SMILES string of the molecule is O=C(N[C@H]1C[C@@]23CCN(CC4CC4)[C@H](Cc4ccc(O)cc42)[C@]3(O)C1)c1ccccc1. The minimum atomic E-state index is -0.893. The highest BCUT2D eigenvalue weighted by Gasteiger charge is 2.67. The maximum absolute atomic E-state index is 12.9. The summed E-state index contributed by atoms with van der Waals surface area (Å²) in [5, 5.41) is 25.8. The summed E-state index contributed by atoms with van der Waals surface area (Å²) >= 11 is 0. The highest BCUT2D eigenvalue weighted by atomic mass is 16.3. The van der Waals surface area contributed by atoms with E-state index in [0.29, 0.717) is 18.4 Å². The number of hydrogen-bond donors (Lipinski definition) is 3. The van der Waals surface area contributed by atoms with Crippen molar-refractivity contribution in [3.63, 3.8) is 0 Å². The average Bonchev–Trinajstić information content (AvgIpc) is 3.51. The molecule has 1 heterocycles. The van der Waals surface area contributed by atoms with Gasteiger partial charge in [-0.2, -0.15) is 0 Å². The molecule has 2 saturated carbocycles. The van der Waals surface area contributed by atoms with E-state index in [1.54, 1.807) is 6.07 Å². The summed E-state index contributed by atoms with van der Waals surface area (Å²) in [6.07, 6.45) is 5.54. The third-order valence-electron chi connectivity index (χ3n) is 8.38. The molecule has 6 rings (SSSR count). The summed E-state index contributed by atoms with van der Waals surface area (Å²) in [5.74, 6) is 0.947. The Morgan fingerprint density at radius 2 is 1.94 bits per heavy atom. The van der Waals surface area contributed by atoms with E-state index in [1.165, 1.54) is 18.4 Å². The molecule has 0 radical (unpaired) electrons. The Bertz CT molecular complexity index is 1020. The molecule has 31 heavy (non-hydrogen) atoms. The Morgan fingerprint density at radius 1 is 1.13 bits per heavy atom. The van der Waals surface area contributed by atoms with Gasteiger partial charge in [0.2, 0.25) is 0 Å². The molecule has 162 valence electrons. The molecule has 3 N–H and O–H groups in total. The molecule has 1 aliphatic heterocycles. The van der Waals surface area contributed by atoms with Gasteiger partial charge in [0.1, 0.15) is 5.75 Å². The zero-order valence-electron chi connectivity index (χ0n) is 17.8. The molecule has 1 amide bonds. The lowest BCUT2D eigenvalue weighted by Crippen LogP contribution is -2.69. The number of likely N-dealkylation sites (tertiary alicyclic amines) is 1. The number of phenolic OH excluding ortho intramolecular Hbond substituents is 1. The number of carbonyl (C=O) groups is 1. The summed E-state index contributed by atoms with van der Waals surface area (Å²) in [6.45, 7) is 2.04. The maximum atomic E-state index is 12.9. The van der Waals surface area contributed by atoms with Crippen molar-refractivity contribution in [1.29, 1.82) is 0 Å². The third kappa shape index (κ3) is 2.94. The van der Waals surface area contributed by atoms with Crippen LogP contribution in [0.4, 0.5) is 0 Å². The van der Waals surface area contributed by atoms with Crippen LogP contribution in [0.3, 0.4) is 0 Å². The first-order chi connectivity index (χ1) is 15.0. The van der Waals surface area contributed by atoms with Crippen molar-refractivity contribution >= 4 is 5.91 Å². The van der Waals surface area contributed by atoms with Crippen molar-refractivity contribution < 1.29 is 15.0 Å². The summed E-state index contributed by atoms with van der Waals surface area (Å²) in [6, 6.07) is 15.0. The summed E-state index contributed by atoms with van der Waals surface area (Å²) in [4.78, 5) is 15.4. The smallest absolute Gasteiger partial charge is 0.251 e. The molecular formula is C26H30N2O3. The Hall–Kier alpha value is -2.37. The third-order valence-corrected chi connectivity index (χ3v) is 8.38. The number of nitrogens with one attached hydrogen (secondary N) is 1. The molecule has 3 fully saturated rings. The van der Waals surface area contributed by atoms with Gasteiger partial charge in [-0.3, -0.25) is 9.69 Å². The topological polar surface area (TPSA) is 72.8 Å². The van der Waals surface area contributed by atoms with Crippen LogP contribution in [0.2, 0.25) is 0 Å². The van der Waals surface area contributed by atoms with Crippen LogP contribution in [0, 0.1) is 5.92 Å². The van der Waals surface area contributed by atoms with E-state index < -0.39 is 11.0 Å². The normalized spacial score (nSPS) is 34.1. The number of aliphatic hydroxyl groups is 1. The highest BCUT2D eigenvalue weighted by molar-refractivity contribution is 5.94. The second-order valence-corrected chi connectivity index (χ2v) is 10.2. The number of aromatic hydroxyl groups is 1. The standard InChI is InChI=1S/C26H30N2O3/c29-21-9-8-19-12-23-26(31)15-20(27-24(30)18-4-2-1-3-5-18)14-25(26,22(19)13-21)10-11-28(23)16-17-6-7-17/h1-5,8-9,13,17,20,23,29,31H,6-7,10-12,14-16H2,(H,27,30)/t20-,23+,25-,26+/m0/s1. The van der Waals surface area contributed by atoms with Gasteiger partial charge < -0.3 is 15.5 Å². The van der Waals surface area contributed by atoms with Gasteiger partial charge in [0.05, 0.1) is 5.60 Å². The predicted octanol–water partition coefficient (Wildman–Crippen LogP) is 2.99. The number of carbonyl (C=O) groups excluding carboxylic acids is 1. The fraction of sp³-hybridized carbons (Fsp3) is 0.500. The number of hydrogen-bond acceptors (Lipinski definition) is 4. The van der Waals surface area contributed by atoms with E-state index in [9.17, 15) is 15.0 Å². The molecule has 5 heteroatoms. The lowest BCUT2D eigenvalue weighted by molar-refractivity contribution is -0.131. The van der Waals surface area contributed by atoms with Gasteiger partial charge in [0.25, 0.3) is 5.91 Å².